The summed E-state index contributed by atoms with van der Waals surface area (Å²) in [6, 6.07) is 7.28. The number of urea groups is 1. The summed E-state index contributed by atoms with van der Waals surface area (Å²) >= 11 is 9.67. The number of amides is 4. The van der Waals surface area contributed by atoms with E-state index in [1.54, 1.807) is 6.20 Å². The molecule has 3 aliphatic rings. The van der Waals surface area contributed by atoms with Crippen LogP contribution in [0.5, 0.6) is 0 Å². The molecule has 5 rings (SSSR count). The number of nitrogens with zero attached hydrogens (tertiary/aromatic N) is 5. The average molecular weight is 534 g/mol. The number of imide groups is 1. The second-order valence-electron chi connectivity index (χ2n) is 8.28. The summed E-state index contributed by atoms with van der Waals surface area (Å²) in [6.07, 6.45) is 1.90. The number of aromatic nitrogens is 1. The van der Waals surface area contributed by atoms with Gasteiger partial charge in [0.1, 0.15) is 5.15 Å². The van der Waals surface area contributed by atoms with Gasteiger partial charge in [-0.1, -0.05) is 23.7 Å². The first-order valence-corrected chi connectivity index (χ1v) is 11.9. The monoisotopic (exact) mass is 532 g/mol. The van der Waals surface area contributed by atoms with Crippen LogP contribution in [-0.4, -0.2) is 70.5 Å². The van der Waals surface area contributed by atoms with Gasteiger partial charge in [0.25, 0.3) is 5.91 Å². The quantitative estimate of drug-likeness (QED) is 0.608. The lowest BCUT2D eigenvalue weighted by molar-refractivity contribution is -0.123. The molecule has 0 unspecified atom stereocenters. The minimum Gasteiger partial charge on any atom is -0.368 e. The van der Waals surface area contributed by atoms with Gasteiger partial charge in [0.05, 0.1) is 23.2 Å². The van der Waals surface area contributed by atoms with Crippen LogP contribution in [0.2, 0.25) is 5.15 Å². The summed E-state index contributed by atoms with van der Waals surface area (Å²) in [5.41, 5.74) is 3.68. The maximum atomic E-state index is 12.8. The second-order valence-corrected chi connectivity index (χ2v) is 9.43. The Balaban J connectivity index is 1.22. The number of hydrogen-bond acceptors (Lipinski definition) is 6. The first-order valence-electron chi connectivity index (χ1n) is 10.7. The summed E-state index contributed by atoms with van der Waals surface area (Å²) in [5, 5.41) is 5.48. The average Bonchev–Trinajstić information content (AvgIpc) is 3.12. The zero-order valence-electron chi connectivity index (χ0n) is 17.8. The van der Waals surface area contributed by atoms with Gasteiger partial charge in [0, 0.05) is 50.9 Å². The van der Waals surface area contributed by atoms with Crippen molar-refractivity contribution in [1.82, 2.24) is 25.2 Å². The van der Waals surface area contributed by atoms with Crippen molar-refractivity contribution in [3.63, 3.8) is 0 Å². The highest BCUT2D eigenvalue weighted by Crippen LogP contribution is 2.32. The predicted molar refractivity (Wildman–Crippen MR) is 126 cm³/mol. The smallest absolute Gasteiger partial charge is 0.342 e. The standard InChI is InChI=1S/C22H22BrClN6O3/c23-19-17(3-5-25-20(19)24)28-9-7-27(8-10-28)12-14-1-2-16-15(11-14)13-30(21(16)32)29-6-4-18(31)26-22(29)33/h1-3,5,11H,4,6-10,12-13H2,(H,26,31,33). The van der Waals surface area contributed by atoms with Crippen LogP contribution in [0.15, 0.2) is 34.9 Å². The second kappa shape index (κ2) is 8.92. The summed E-state index contributed by atoms with van der Waals surface area (Å²) in [4.78, 5) is 45.2. The Labute approximate surface area is 204 Å². The summed E-state index contributed by atoms with van der Waals surface area (Å²) in [6.45, 7) is 4.87. The number of carbonyl (C=O) groups excluding carboxylic acids is 3. The molecule has 4 heterocycles. The number of piperazine rings is 1. The minimum absolute atomic E-state index is 0.186. The minimum atomic E-state index is -0.548. The maximum Gasteiger partial charge on any atom is 0.342 e. The first kappa shape index (κ1) is 22.1. The fraction of sp³-hybridized carbons (Fsp3) is 0.364. The fourth-order valence-electron chi connectivity index (χ4n) is 4.50. The molecule has 33 heavy (non-hydrogen) atoms. The Morgan fingerprint density at radius 3 is 2.58 bits per heavy atom. The van der Waals surface area contributed by atoms with Crippen molar-refractivity contribution in [2.24, 2.45) is 0 Å². The van der Waals surface area contributed by atoms with Crippen molar-refractivity contribution in [3.05, 3.63) is 56.8 Å². The number of benzene rings is 1. The Kier molecular flexibility index (Phi) is 5.98. The molecule has 172 valence electrons. The number of halogens is 2. The normalized spacial score (nSPS) is 19.2. The zero-order chi connectivity index (χ0) is 23.1. The van der Waals surface area contributed by atoms with Crippen molar-refractivity contribution in [3.8, 4) is 0 Å². The summed E-state index contributed by atoms with van der Waals surface area (Å²) < 4.78 is 0.819. The van der Waals surface area contributed by atoms with Gasteiger partial charge in [-0.3, -0.25) is 19.8 Å². The van der Waals surface area contributed by atoms with Gasteiger partial charge >= 0.3 is 6.03 Å². The van der Waals surface area contributed by atoms with E-state index in [4.69, 9.17) is 11.6 Å². The van der Waals surface area contributed by atoms with E-state index in [2.05, 4.69) is 36.0 Å². The molecule has 4 amide bonds. The molecule has 0 spiro atoms. The number of anilines is 1. The third kappa shape index (κ3) is 4.30. The van der Waals surface area contributed by atoms with E-state index in [0.29, 0.717) is 17.3 Å². The summed E-state index contributed by atoms with van der Waals surface area (Å²) in [7, 11) is 0. The molecule has 0 atom stereocenters. The Hall–Kier alpha value is -2.69. The van der Waals surface area contributed by atoms with Crippen molar-refractivity contribution in [2.45, 2.75) is 19.5 Å². The molecule has 1 N–H and O–H groups in total. The van der Waals surface area contributed by atoms with E-state index in [9.17, 15) is 14.4 Å². The van der Waals surface area contributed by atoms with Crippen molar-refractivity contribution in [1.29, 1.82) is 0 Å². The topological polar surface area (TPSA) is 89.1 Å². The highest BCUT2D eigenvalue weighted by Gasteiger charge is 2.37. The van der Waals surface area contributed by atoms with Crippen molar-refractivity contribution < 1.29 is 14.4 Å². The van der Waals surface area contributed by atoms with Crippen LogP contribution in [0.1, 0.15) is 27.9 Å². The van der Waals surface area contributed by atoms with Crippen LogP contribution < -0.4 is 10.2 Å². The lowest BCUT2D eigenvalue weighted by Crippen LogP contribution is -2.56. The highest BCUT2D eigenvalue weighted by atomic mass is 79.9. The predicted octanol–water partition coefficient (Wildman–Crippen LogP) is 2.63. The van der Waals surface area contributed by atoms with Gasteiger partial charge in [-0.2, -0.15) is 0 Å². The molecule has 0 saturated carbocycles. The Morgan fingerprint density at radius 2 is 1.82 bits per heavy atom. The lowest BCUT2D eigenvalue weighted by atomic mass is 10.1. The van der Waals surface area contributed by atoms with E-state index in [1.165, 1.54) is 10.0 Å². The van der Waals surface area contributed by atoms with E-state index in [0.717, 1.165) is 54.0 Å². The van der Waals surface area contributed by atoms with Gasteiger partial charge in [0.2, 0.25) is 5.91 Å². The van der Waals surface area contributed by atoms with Gasteiger partial charge in [0.15, 0.2) is 0 Å². The number of hydrogen-bond donors (Lipinski definition) is 1. The maximum absolute atomic E-state index is 12.8. The van der Waals surface area contributed by atoms with Crippen LogP contribution in [0.25, 0.3) is 0 Å². The molecule has 2 saturated heterocycles. The molecule has 2 aromatic rings. The van der Waals surface area contributed by atoms with Gasteiger partial charge in [-0.15, -0.1) is 0 Å². The molecular weight excluding hydrogens is 512 g/mol. The number of pyridine rings is 1. The van der Waals surface area contributed by atoms with Gasteiger partial charge in [-0.05, 0) is 39.2 Å². The lowest BCUT2D eigenvalue weighted by Gasteiger charge is -2.36. The van der Waals surface area contributed by atoms with E-state index in [-0.39, 0.29) is 24.8 Å². The SMILES string of the molecule is O=C1CCN(N2Cc3cc(CN4CCN(c5ccnc(Cl)c5Br)CC4)ccc3C2=O)C(=O)N1. The molecule has 9 nitrogen and oxygen atoms in total. The van der Waals surface area contributed by atoms with Crippen molar-refractivity contribution in [2.75, 3.05) is 37.6 Å². The third-order valence-corrected chi connectivity index (χ3v) is 7.52. The van der Waals surface area contributed by atoms with E-state index in [1.807, 2.05) is 24.3 Å². The molecule has 0 radical (unpaired) electrons. The molecule has 1 aromatic heterocycles. The van der Waals surface area contributed by atoms with Crippen LogP contribution in [0, 0.1) is 0 Å². The first-order chi connectivity index (χ1) is 15.9. The summed E-state index contributed by atoms with van der Waals surface area (Å²) in [5.74, 6) is -0.529. The van der Waals surface area contributed by atoms with Crippen molar-refractivity contribution >= 4 is 51.1 Å². The van der Waals surface area contributed by atoms with E-state index >= 15 is 0 Å². The van der Waals surface area contributed by atoms with Gasteiger partial charge in [-0.25, -0.2) is 19.8 Å². The Bertz CT molecular complexity index is 1140. The number of nitrogens with one attached hydrogen (secondary N) is 1. The largest absolute Gasteiger partial charge is 0.368 e. The number of hydrazine groups is 1. The van der Waals surface area contributed by atoms with Crippen LogP contribution in [0.3, 0.4) is 0 Å². The molecule has 0 aliphatic carbocycles. The molecule has 0 bridgehead atoms. The van der Waals surface area contributed by atoms with Crippen LogP contribution in [0.4, 0.5) is 10.5 Å². The zero-order valence-corrected chi connectivity index (χ0v) is 20.1. The number of fused-ring (bicyclic) bond motifs is 1. The highest BCUT2D eigenvalue weighted by molar-refractivity contribution is 9.10. The molecular formula is C22H22BrClN6O3. The van der Waals surface area contributed by atoms with Crippen LogP contribution in [-0.2, 0) is 17.9 Å². The van der Waals surface area contributed by atoms with Gasteiger partial charge < -0.3 is 4.90 Å². The molecule has 2 fully saturated rings. The molecule has 1 aromatic carbocycles. The van der Waals surface area contributed by atoms with Crippen LogP contribution >= 0.6 is 27.5 Å². The Morgan fingerprint density at radius 1 is 1.03 bits per heavy atom. The van der Waals surface area contributed by atoms with E-state index < -0.39 is 6.03 Å². The third-order valence-electron chi connectivity index (χ3n) is 6.22. The molecule has 3 aliphatic heterocycles. The fourth-order valence-corrected chi connectivity index (χ4v) is 5.13. The molecule has 11 heteroatoms. The number of rotatable bonds is 4. The number of carbonyl (C=O) groups is 3.